The number of hydrogen-bond acceptors (Lipinski definition) is 4. The maximum atomic E-state index is 12.5. The van der Waals surface area contributed by atoms with Crippen molar-refractivity contribution in [3.05, 3.63) is 60.2 Å². The summed E-state index contributed by atoms with van der Waals surface area (Å²) < 4.78 is 5.86. The quantitative estimate of drug-likeness (QED) is 0.409. The van der Waals surface area contributed by atoms with Crippen LogP contribution in [0.25, 0.3) is 20.5 Å². The van der Waals surface area contributed by atoms with Gasteiger partial charge in [-0.1, -0.05) is 48.5 Å². The fraction of sp³-hybridized carbons (Fsp3) is 0.111. The Labute approximate surface area is 132 Å². The minimum Gasteiger partial charge on any atom is -0.460 e. The average molecular weight is 310 g/mol. The van der Waals surface area contributed by atoms with Gasteiger partial charge in [-0.05, 0) is 18.6 Å². The fourth-order valence-electron chi connectivity index (χ4n) is 2.36. The summed E-state index contributed by atoms with van der Waals surface area (Å²) in [5.74, 6) is -1.39. The van der Waals surface area contributed by atoms with Crippen LogP contribution >= 0.6 is 11.3 Å². The van der Waals surface area contributed by atoms with Gasteiger partial charge in [0.15, 0.2) is 0 Å². The lowest BCUT2D eigenvalue weighted by atomic mass is 10.0. The molecule has 0 N–H and O–H groups in total. The van der Waals surface area contributed by atoms with Gasteiger partial charge in [0.25, 0.3) is 5.78 Å². The number of Topliss-reactive ketones (excluding diaryl/α,β-unsaturated/α-hetero) is 1. The molecule has 0 atom stereocenters. The number of ether oxygens (including phenoxy) is 1. The molecule has 22 heavy (non-hydrogen) atoms. The van der Waals surface area contributed by atoms with Crippen molar-refractivity contribution in [3.63, 3.8) is 0 Å². The Kier molecular flexibility index (Phi) is 4.02. The first-order valence-electron chi connectivity index (χ1n) is 7.00. The van der Waals surface area contributed by atoms with Crippen LogP contribution in [-0.4, -0.2) is 18.4 Å². The van der Waals surface area contributed by atoms with Crippen molar-refractivity contribution >= 4 is 33.2 Å². The molecule has 0 amide bonds. The molecule has 0 saturated carbocycles. The Morgan fingerprint density at radius 1 is 1.00 bits per heavy atom. The zero-order chi connectivity index (χ0) is 15.5. The van der Waals surface area contributed by atoms with E-state index >= 15 is 0 Å². The van der Waals surface area contributed by atoms with Crippen LogP contribution in [-0.2, 0) is 9.53 Å². The zero-order valence-electron chi connectivity index (χ0n) is 12.0. The van der Waals surface area contributed by atoms with Crippen molar-refractivity contribution in [3.8, 4) is 10.4 Å². The third kappa shape index (κ3) is 2.53. The summed E-state index contributed by atoms with van der Waals surface area (Å²) in [6, 6.07) is 17.2. The molecule has 3 nitrogen and oxygen atoms in total. The van der Waals surface area contributed by atoms with E-state index in [4.69, 9.17) is 4.74 Å². The second kappa shape index (κ2) is 6.12. The minimum atomic E-state index is -0.803. The van der Waals surface area contributed by atoms with Crippen LogP contribution in [0.5, 0.6) is 0 Å². The zero-order valence-corrected chi connectivity index (χ0v) is 12.9. The molecule has 0 saturated heterocycles. The highest BCUT2D eigenvalue weighted by molar-refractivity contribution is 7.22. The molecule has 4 heteroatoms. The molecule has 0 bridgehead atoms. The van der Waals surface area contributed by atoms with Gasteiger partial charge in [0.1, 0.15) is 0 Å². The second-order valence-electron chi connectivity index (χ2n) is 4.72. The minimum absolute atomic E-state index is 0.188. The summed E-state index contributed by atoms with van der Waals surface area (Å²) in [6.45, 7) is 1.88. The molecule has 0 aliphatic rings. The molecule has 0 unspecified atom stereocenters. The molecule has 0 radical (unpaired) electrons. The first-order chi connectivity index (χ1) is 10.7. The van der Waals surface area contributed by atoms with Crippen LogP contribution in [0.1, 0.15) is 17.3 Å². The summed E-state index contributed by atoms with van der Waals surface area (Å²) in [4.78, 5) is 25.2. The van der Waals surface area contributed by atoms with E-state index in [9.17, 15) is 9.59 Å². The van der Waals surface area contributed by atoms with Crippen LogP contribution in [0.2, 0.25) is 0 Å². The second-order valence-corrected chi connectivity index (χ2v) is 5.77. The smallest absolute Gasteiger partial charge is 0.379 e. The summed E-state index contributed by atoms with van der Waals surface area (Å²) >= 11 is 1.51. The van der Waals surface area contributed by atoms with E-state index in [0.29, 0.717) is 5.56 Å². The normalized spacial score (nSPS) is 10.6. The summed E-state index contributed by atoms with van der Waals surface area (Å²) in [5, 5.41) is 0.796. The summed E-state index contributed by atoms with van der Waals surface area (Å²) in [5.41, 5.74) is 1.36. The Morgan fingerprint density at radius 3 is 2.41 bits per heavy atom. The van der Waals surface area contributed by atoms with Crippen molar-refractivity contribution in [2.45, 2.75) is 6.92 Å². The molecule has 1 aromatic heterocycles. The molecule has 1 heterocycles. The monoisotopic (exact) mass is 310 g/mol. The summed E-state index contributed by atoms with van der Waals surface area (Å²) in [7, 11) is 0. The van der Waals surface area contributed by atoms with Gasteiger partial charge in [-0.3, -0.25) is 4.79 Å². The van der Waals surface area contributed by atoms with Crippen LogP contribution in [0.4, 0.5) is 0 Å². The first kappa shape index (κ1) is 14.5. The van der Waals surface area contributed by atoms with Crippen molar-refractivity contribution in [1.29, 1.82) is 0 Å². The maximum absolute atomic E-state index is 12.5. The van der Waals surface area contributed by atoms with Gasteiger partial charge in [0.2, 0.25) is 0 Å². The van der Waals surface area contributed by atoms with Crippen molar-refractivity contribution < 1.29 is 14.3 Å². The van der Waals surface area contributed by atoms with Gasteiger partial charge in [0.05, 0.1) is 12.2 Å². The SMILES string of the molecule is CCOC(=O)C(=O)c1c(-c2ccccc2)sc2ccccc12. The van der Waals surface area contributed by atoms with E-state index < -0.39 is 11.8 Å². The largest absolute Gasteiger partial charge is 0.460 e. The molecular weight excluding hydrogens is 296 g/mol. The Hall–Kier alpha value is -2.46. The van der Waals surface area contributed by atoms with E-state index in [2.05, 4.69) is 0 Å². The number of carbonyl (C=O) groups is 2. The molecule has 0 fully saturated rings. The lowest BCUT2D eigenvalue weighted by Crippen LogP contribution is -2.17. The standard InChI is InChI=1S/C18H14O3S/c1-2-21-18(20)16(19)15-13-10-6-7-11-14(13)22-17(15)12-8-4-3-5-9-12/h3-11H,2H2,1H3. The maximum Gasteiger partial charge on any atom is 0.379 e. The topological polar surface area (TPSA) is 43.4 Å². The van der Waals surface area contributed by atoms with Crippen LogP contribution in [0, 0.1) is 0 Å². The average Bonchev–Trinajstić information content (AvgIpc) is 2.94. The molecule has 110 valence electrons. The number of ketones is 1. The van der Waals surface area contributed by atoms with E-state index in [1.54, 1.807) is 6.92 Å². The third-order valence-electron chi connectivity index (χ3n) is 3.32. The highest BCUT2D eigenvalue weighted by atomic mass is 32.1. The lowest BCUT2D eigenvalue weighted by Gasteiger charge is -2.04. The van der Waals surface area contributed by atoms with Gasteiger partial charge in [0, 0.05) is 15.0 Å². The fourth-order valence-corrected chi connectivity index (χ4v) is 3.57. The third-order valence-corrected chi connectivity index (χ3v) is 4.54. The van der Waals surface area contributed by atoms with Crippen molar-refractivity contribution in [2.24, 2.45) is 0 Å². The van der Waals surface area contributed by atoms with E-state index in [1.165, 1.54) is 11.3 Å². The van der Waals surface area contributed by atoms with Crippen LogP contribution in [0.3, 0.4) is 0 Å². The molecule has 0 aliphatic carbocycles. The Bertz CT molecular complexity index is 834. The number of carbonyl (C=O) groups excluding carboxylic acids is 2. The lowest BCUT2D eigenvalue weighted by molar-refractivity contribution is -0.137. The van der Waals surface area contributed by atoms with Gasteiger partial charge in [-0.25, -0.2) is 4.79 Å². The van der Waals surface area contributed by atoms with E-state index in [1.807, 2.05) is 54.6 Å². The predicted octanol–water partition coefficient (Wildman–Crippen LogP) is 4.31. The van der Waals surface area contributed by atoms with Gasteiger partial charge in [-0.2, -0.15) is 0 Å². The number of hydrogen-bond donors (Lipinski definition) is 0. The van der Waals surface area contributed by atoms with Gasteiger partial charge in [-0.15, -0.1) is 11.3 Å². The van der Waals surface area contributed by atoms with Crippen LogP contribution in [0.15, 0.2) is 54.6 Å². The number of rotatable bonds is 4. The van der Waals surface area contributed by atoms with E-state index in [-0.39, 0.29) is 6.61 Å². The summed E-state index contributed by atoms with van der Waals surface area (Å²) in [6.07, 6.45) is 0. The van der Waals surface area contributed by atoms with E-state index in [0.717, 1.165) is 20.5 Å². The van der Waals surface area contributed by atoms with Gasteiger partial charge < -0.3 is 4.74 Å². The Morgan fingerprint density at radius 2 is 1.68 bits per heavy atom. The highest BCUT2D eigenvalue weighted by Gasteiger charge is 2.26. The van der Waals surface area contributed by atoms with Crippen LogP contribution < -0.4 is 0 Å². The molecular formula is C18H14O3S. The first-order valence-corrected chi connectivity index (χ1v) is 7.82. The highest BCUT2D eigenvalue weighted by Crippen LogP contribution is 2.38. The number of thiophene rings is 1. The molecule has 2 aromatic carbocycles. The number of fused-ring (bicyclic) bond motifs is 1. The molecule has 0 spiro atoms. The number of esters is 1. The molecule has 3 rings (SSSR count). The van der Waals surface area contributed by atoms with Crippen molar-refractivity contribution in [1.82, 2.24) is 0 Å². The molecule has 0 aliphatic heterocycles. The number of benzene rings is 2. The Balaban J connectivity index is 2.22. The molecule has 3 aromatic rings. The predicted molar refractivity (Wildman–Crippen MR) is 88.2 cm³/mol. The van der Waals surface area contributed by atoms with Crippen molar-refractivity contribution in [2.75, 3.05) is 6.61 Å². The van der Waals surface area contributed by atoms with Gasteiger partial charge >= 0.3 is 5.97 Å².